The van der Waals surface area contributed by atoms with Gasteiger partial charge in [-0.1, -0.05) is 18.2 Å². The minimum absolute atomic E-state index is 0.0142. The first-order valence-corrected chi connectivity index (χ1v) is 10.0. The van der Waals surface area contributed by atoms with Gasteiger partial charge in [-0.05, 0) is 44.5 Å². The van der Waals surface area contributed by atoms with Crippen molar-refractivity contribution >= 4 is 33.2 Å². The zero-order valence-electron chi connectivity index (χ0n) is 14.8. The van der Waals surface area contributed by atoms with E-state index in [-0.39, 0.29) is 22.5 Å². The van der Waals surface area contributed by atoms with E-state index in [0.717, 1.165) is 6.08 Å². The van der Waals surface area contributed by atoms with Crippen LogP contribution in [0.25, 0.3) is 0 Å². The van der Waals surface area contributed by atoms with Crippen molar-refractivity contribution in [3.05, 3.63) is 35.9 Å². The van der Waals surface area contributed by atoms with Crippen LogP contribution in [0.5, 0.6) is 0 Å². The molecule has 2 rings (SSSR count). The smallest absolute Gasteiger partial charge is 0.247 e. The van der Waals surface area contributed by atoms with Crippen LogP contribution in [0.1, 0.15) is 20.3 Å². The highest BCUT2D eigenvalue weighted by atomic mass is 35.5. The topological polar surface area (TPSA) is 98.7 Å². The molecule has 1 amide bonds. The maximum Gasteiger partial charge on any atom is 0.247 e. The number of halogens is 1. The summed E-state index contributed by atoms with van der Waals surface area (Å²) in [6, 6.07) is 4.11. The van der Waals surface area contributed by atoms with Gasteiger partial charge in [-0.2, -0.15) is 4.31 Å². The molecule has 1 aliphatic heterocycles. The number of benzene rings is 1. The largest absolute Gasteiger partial charge is 0.390 e. The normalized spacial score (nSPS) is 19.2. The summed E-state index contributed by atoms with van der Waals surface area (Å²) in [6.07, 6.45) is 1.54. The van der Waals surface area contributed by atoms with Crippen LogP contribution < -0.4 is 10.6 Å². The molecule has 1 unspecified atom stereocenters. The molecule has 1 aromatic carbocycles. The van der Waals surface area contributed by atoms with Gasteiger partial charge in [0.15, 0.2) is 0 Å². The van der Waals surface area contributed by atoms with Gasteiger partial charge in [0.05, 0.1) is 10.6 Å². The molecule has 7 nitrogen and oxygen atoms in total. The summed E-state index contributed by atoms with van der Waals surface area (Å²) in [5, 5.41) is 15.8. The highest BCUT2D eigenvalue weighted by molar-refractivity contribution is 7.89. The fraction of sp³-hybridized carbons (Fsp3) is 0.471. The lowest BCUT2D eigenvalue weighted by molar-refractivity contribution is -0.111. The molecule has 1 heterocycles. The van der Waals surface area contributed by atoms with Crippen LogP contribution in [-0.4, -0.2) is 55.0 Å². The van der Waals surface area contributed by atoms with Crippen molar-refractivity contribution in [3.8, 4) is 0 Å². The van der Waals surface area contributed by atoms with Crippen molar-refractivity contribution in [1.82, 2.24) is 9.62 Å². The van der Waals surface area contributed by atoms with Gasteiger partial charge in [-0.3, -0.25) is 4.79 Å². The molecule has 0 saturated carbocycles. The molecule has 9 heteroatoms. The first kappa shape index (κ1) is 20.9. The van der Waals surface area contributed by atoms with Crippen molar-refractivity contribution < 1.29 is 18.3 Å². The average molecular weight is 402 g/mol. The van der Waals surface area contributed by atoms with Crippen LogP contribution in [0.15, 0.2) is 35.7 Å². The predicted octanol–water partition coefficient (Wildman–Crippen LogP) is 1.59. The lowest BCUT2D eigenvalue weighted by Gasteiger charge is -2.35. The van der Waals surface area contributed by atoms with Gasteiger partial charge in [-0.15, -0.1) is 0 Å². The molecule has 0 bridgehead atoms. The van der Waals surface area contributed by atoms with Gasteiger partial charge in [0.2, 0.25) is 15.9 Å². The maximum atomic E-state index is 13.0. The molecule has 144 valence electrons. The summed E-state index contributed by atoms with van der Waals surface area (Å²) in [5.41, 5.74) is -0.508. The average Bonchev–Trinajstić information content (AvgIpc) is 2.53. The molecule has 1 saturated heterocycles. The molecule has 0 spiro atoms. The Morgan fingerprint density at radius 3 is 2.81 bits per heavy atom. The highest BCUT2D eigenvalue weighted by Crippen LogP contribution is 2.28. The summed E-state index contributed by atoms with van der Waals surface area (Å²) >= 11 is 6.16. The van der Waals surface area contributed by atoms with E-state index in [1.54, 1.807) is 13.8 Å². The fourth-order valence-electron chi connectivity index (χ4n) is 2.87. The fourth-order valence-corrected chi connectivity index (χ4v) is 4.88. The number of hydrogen-bond donors (Lipinski definition) is 3. The second-order valence-electron chi connectivity index (χ2n) is 6.87. The Kier molecular flexibility index (Phi) is 6.46. The Morgan fingerprint density at radius 2 is 2.23 bits per heavy atom. The van der Waals surface area contributed by atoms with E-state index in [1.165, 1.54) is 22.5 Å². The van der Waals surface area contributed by atoms with E-state index in [0.29, 0.717) is 25.2 Å². The summed E-state index contributed by atoms with van der Waals surface area (Å²) in [6.45, 7) is 7.79. The van der Waals surface area contributed by atoms with E-state index < -0.39 is 21.5 Å². The van der Waals surface area contributed by atoms with Crippen molar-refractivity contribution in [2.75, 3.05) is 25.0 Å². The number of amides is 1. The number of rotatable bonds is 6. The van der Waals surface area contributed by atoms with Crippen molar-refractivity contribution in [1.29, 1.82) is 0 Å². The molecule has 3 N–H and O–H groups in total. The zero-order chi connectivity index (χ0) is 19.5. The third-order valence-corrected chi connectivity index (χ3v) is 6.31. The molecular weight excluding hydrogens is 378 g/mol. The quantitative estimate of drug-likeness (QED) is 0.629. The van der Waals surface area contributed by atoms with Crippen LogP contribution in [0, 0.1) is 0 Å². The number of nitrogens with zero attached hydrogens (tertiary/aromatic N) is 1. The molecule has 1 fully saturated rings. The van der Waals surface area contributed by atoms with E-state index in [9.17, 15) is 18.3 Å². The molecular formula is C17H24ClN3O4S. The Labute approximate surface area is 159 Å². The van der Waals surface area contributed by atoms with Gasteiger partial charge in [-0.25, -0.2) is 8.42 Å². The number of carbonyl (C=O) groups excluding carboxylic acids is 1. The Hall–Kier alpha value is -1.45. The molecule has 0 aromatic heterocycles. The number of nitrogens with one attached hydrogen (secondary N) is 2. The minimum atomic E-state index is -3.79. The summed E-state index contributed by atoms with van der Waals surface area (Å²) in [4.78, 5) is 11.3. The highest BCUT2D eigenvalue weighted by Gasteiger charge is 2.33. The van der Waals surface area contributed by atoms with E-state index in [1.807, 2.05) is 0 Å². The van der Waals surface area contributed by atoms with Gasteiger partial charge in [0, 0.05) is 31.4 Å². The van der Waals surface area contributed by atoms with Crippen LogP contribution in [-0.2, 0) is 14.8 Å². The van der Waals surface area contributed by atoms with Crippen molar-refractivity contribution in [3.63, 3.8) is 0 Å². The van der Waals surface area contributed by atoms with Crippen LogP contribution in [0.4, 0.5) is 5.69 Å². The first-order chi connectivity index (χ1) is 12.0. The number of piperazine rings is 1. The summed E-state index contributed by atoms with van der Waals surface area (Å²) in [5.74, 6) is -0.409. The SMILES string of the molecule is C=CC(=O)Nc1ccc(S(=O)(=O)N2CCNC(CC(C)(C)O)C2)c(Cl)c1. The number of carbonyl (C=O) groups is 1. The molecule has 1 aromatic rings. The van der Waals surface area contributed by atoms with Crippen LogP contribution in [0.2, 0.25) is 5.02 Å². The summed E-state index contributed by atoms with van der Waals surface area (Å²) in [7, 11) is -3.79. The monoisotopic (exact) mass is 401 g/mol. The first-order valence-electron chi connectivity index (χ1n) is 8.22. The minimum Gasteiger partial charge on any atom is -0.390 e. The van der Waals surface area contributed by atoms with Crippen molar-refractivity contribution in [2.24, 2.45) is 0 Å². The lowest BCUT2D eigenvalue weighted by Crippen LogP contribution is -2.54. The third-order valence-electron chi connectivity index (χ3n) is 3.97. The molecule has 1 aliphatic rings. The molecule has 0 aliphatic carbocycles. The van der Waals surface area contributed by atoms with Crippen LogP contribution in [0.3, 0.4) is 0 Å². The number of aliphatic hydroxyl groups is 1. The zero-order valence-corrected chi connectivity index (χ0v) is 16.4. The number of anilines is 1. The molecule has 26 heavy (non-hydrogen) atoms. The number of hydrogen-bond acceptors (Lipinski definition) is 5. The maximum absolute atomic E-state index is 13.0. The van der Waals surface area contributed by atoms with E-state index in [2.05, 4.69) is 17.2 Å². The standard InChI is InChI=1S/C17H24ClN3O4S/c1-4-16(22)20-12-5-6-15(14(18)9-12)26(24,25)21-8-7-19-13(11-21)10-17(2,3)23/h4-6,9,13,19,23H,1,7-8,10-11H2,2-3H3,(H,20,22). The van der Waals surface area contributed by atoms with Gasteiger partial charge < -0.3 is 15.7 Å². The Morgan fingerprint density at radius 1 is 1.54 bits per heavy atom. The number of sulfonamides is 1. The van der Waals surface area contributed by atoms with E-state index in [4.69, 9.17) is 11.6 Å². The third kappa shape index (κ3) is 5.28. The Bertz CT molecular complexity index is 790. The van der Waals surface area contributed by atoms with E-state index >= 15 is 0 Å². The van der Waals surface area contributed by atoms with Gasteiger partial charge in [0.1, 0.15) is 4.90 Å². The molecule has 0 radical (unpaired) electrons. The second-order valence-corrected chi connectivity index (χ2v) is 9.18. The second kappa shape index (κ2) is 8.06. The Balaban J connectivity index is 2.21. The van der Waals surface area contributed by atoms with Crippen LogP contribution >= 0.6 is 11.6 Å². The predicted molar refractivity (Wildman–Crippen MR) is 102 cm³/mol. The summed E-state index contributed by atoms with van der Waals surface area (Å²) < 4.78 is 27.3. The van der Waals surface area contributed by atoms with Gasteiger partial charge in [0.25, 0.3) is 0 Å². The molecule has 1 atom stereocenters. The van der Waals surface area contributed by atoms with Crippen molar-refractivity contribution in [2.45, 2.75) is 36.8 Å². The van der Waals surface area contributed by atoms with Gasteiger partial charge >= 0.3 is 0 Å². The lowest BCUT2D eigenvalue weighted by atomic mass is 9.98.